The molecule has 0 atom stereocenters. The van der Waals surface area contributed by atoms with Crippen molar-refractivity contribution in [1.82, 2.24) is 0 Å². The number of methoxy groups -OCH3 is 2. The van der Waals surface area contributed by atoms with E-state index in [2.05, 4.69) is 4.74 Å². The smallest absolute Gasteiger partial charge is 0.416 e. The number of ether oxygens (including phenoxy) is 3. The topological polar surface area (TPSA) is 27.7 Å². The maximum absolute atomic E-state index is 12.5. The molecule has 1 aromatic carbocycles. The molecule has 0 unspecified atom stereocenters. The van der Waals surface area contributed by atoms with E-state index in [0.29, 0.717) is 0 Å². The molecular formula is C10H11F3O3. The lowest BCUT2D eigenvalue weighted by atomic mass is 10.2. The van der Waals surface area contributed by atoms with Gasteiger partial charge < -0.3 is 14.2 Å². The molecule has 1 rings (SSSR count). The highest BCUT2D eigenvalue weighted by molar-refractivity contribution is 5.39. The Morgan fingerprint density at radius 2 is 1.69 bits per heavy atom. The summed E-state index contributed by atoms with van der Waals surface area (Å²) in [5.74, 6) is 0.134. The fourth-order valence-electron chi connectivity index (χ4n) is 1.06. The van der Waals surface area contributed by atoms with Crippen molar-refractivity contribution >= 4 is 0 Å². The van der Waals surface area contributed by atoms with E-state index in [1.807, 2.05) is 0 Å². The number of hydrogen-bond acceptors (Lipinski definition) is 3. The highest BCUT2D eigenvalue weighted by Gasteiger charge is 2.31. The summed E-state index contributed by atoms with van der Waals surface area (Å²) in [6, 6.07) is 3.15. The van der Waals surface area contributed by atoms with Crippen LogP contribution in [0.15, 0.2) is 18.2 Å². The summed E-state index contributed by atoms with van der Waals surface area (Å²) >= 11 is 0. The molecule has 0 bridgehead atoms. The number of rotatable bonds is 4. The van der Waals surface area contributed by atoms with Gasteiger partial charge in [0, 0.05) is 13.2 Å². The first-order valence-corrected chi connectivity index (χ1v) is 4.35. The van der Waals surface area contributed by atoms with Crippen LogP contribution in [0.5, 0.6) is 11.5 Å². The second-order valence-electron chi connectivity index (χ2n) is 2.95. The monoisotopic (exact) mass is 236 g/mol. The van der Waals surface area contributed by atoms with Crippen LogP contribution >= 0.6 is 0 Å². The van der Waals surface area contributed by atoms with E-state index in [1.54, 1.807) is 0 Å². The fraction of sp³-hybridized carbons (Fsp3) is 0.400. The zero-order chi connectivity index (χ0) is 12.2. The molecule has 0 heterocycles. The molecule has 0 radical (unpaired) electrons. The SMILES string of the molecule is COCOc1cc(OC)cc(C(F)(F)F)c1. The summed E-state index contributed by atoms with van der Waals surface area (Å²) in [7, 11) is 2.67. The van der Waals surface area contributed by atoms with E-state index in [9.17, 15) is 13.2 Å². The Balaban J connectivity index is 3.01. The Morgan fingerprint density at radius 3 is 2.19 bits per heavy atom. The van der Waals surface area contributed by atoms with Gasteiger partial charge in [-0.05, 0) is 12.1 Å². The van der Waals surface area contributed by atoms with Crippen LogP contribution in [0.1, 0.15) is 5.56 Å². The van der Waals surface area contributed by atoms with Crippen molar-refractivity contribution in [3.63, 3.8) is 0 Å². The van der Waals surface area contributed by atoms with Crippen molar-refractivity contribution < 1.29 is 27.4 Å². The Kier molecular flexibility index (Phi) is 4.00. The van der Waals surface area contributed by atoms with E-state index in [-0.39, 0.29) is 18.3 Å². The van der Waals surface area contributed by atoms with Crippen LogP contribution < -0.4 is 9.47 Å². The average Bonchev–Trinajstić information content (AvgIpc) is 2.24. The minimum atomic E-state index is -4.43. The van der Waals surface area contributed by atoms with Gasteiger partial charge >= 0.3 is 6.18 Å². The third-order valence-electron chi connectivity index (χ3n) is 1.79. The molecule has 0 fully saturated rings. The molecule has 0 aliphatic carbocycles. The predicted molar refractivity (Wildman–Crippen MR) is 50.5 cm³/mol. The maximum Gasteiger partial charge on any atom is 0.416 e. The fourth-order valence-corrected chi connectivity index (χ4v) is 1.06. The van der Waals surface area contributed by atoms with E-state index in [4.69, 9.17) is 9.47 Å². The third kappa shape index (κ3) is 3.30. The van der Waals surface area contributed by atoms with E-state index in [0.717, 1.165) is 12.1 Å². The normalized spacial score (nSPS) is 11.3. The van der Waals surface area contributed by atoms with Gasteiger partial charge in [0.1, 0.15) is 11.5 Å². The van der Waals surface area contributed by atoms with Crippen molar-refractivity contribution in [2.75, 3.05) is 21.0 Å². The Hall–Kier alpha value is -1.43. The zero-order valence-corrected chi connectivity index (χ0v) is 8.80. The maximum atomic E-state index is 12.5. The van der Waals surface area contributed by atoms with Gasteiger partial charge in [0.05, 0.1) is 12.7 Å². The molecule has 0 aromatic heterocycles. The van der Waals surface area contributed by atoms with Crippen molar-refractivity contribution in [3.8, 4) is 11.5 Å². The first-order valence-electron chi connectivity index (χ1n) is 4.35. The largest absolute Gasteiger partial charge is 0.497 e. The molecule has 1 aromatic rings. The highest BCUT2D eigenvalue weighted by Crippen LogP contribution is 2.34. The van der Waals surface area contributed by atoms with Crippen LogP contribution in [0.2, 0.25) is 0 Å². The van der Waals surface area contributed by atoms with Crippen LogP contribution in [-0.2, 0) is 10.9 Å². The molecule has 16 heavy (non-hydrogen) atoms. The summed E-state index contributed by atoms with van der Waals surface area (Å²) in [5, 5.41) is 0. The van der Waals surface area contributed by atoms with Gasteiger partial charge in [-0.2, -0.15) is 13.2 Å². The van der Waals surface area contributed by atoms with Crippen molar-refractivity contribution in [3.05, 3.63) is 23.8 Å². The lowest BCUT2D eigenvalue weighted by Crippen LogP contribution is -2.07. The molecular weight excluding hydrogens is 225 g/mol. The van der Waals surface area contributed by atoms with E-state index < -0.39 is 11.7 Å². The van der Waals surface area contributed by atoms with Crippen LogP contribution in [0.3, 0.4) is 0 Å². The molecule has 90 valence electrons. The van der Waals surface area contributed by atoms with Gasteiger partial charge in [-0.25, -0.2) is 0 Å². The molecule has 3 nitrogen and oxygen atoms in total. The number of halogens is 3. The predicted octanol–water partition coefficient (Wildman–Crippen LogP) is 2.70. The molecule has 0 saturated heterocycles. The van der Waals surface area contributed by atoms with Gasteiger partial charge in [-0.3, -0.25) is 0 Å². The highest BCUT2D eigenvalue weighted by atomic mass is 19.4. The average molecular weight is 236 g/mol. The van der Waals surface area contributed by atoms with Crippen molar-refractivity contribution in [2.45, 2.75) is 6.18 Å². The molecule has 0 aliphatic heterocycles. The second kappa shape index (κ2) is 5.07. The number of hydrogen-bond donors (Lipinski definition) is 0. The van der Waals surface area contributed by atoms with Crippen molar-refractivity contribution in [2.24, 2.45) is 0 Å². The van der Waals surface area contributed by atoms with Gasteiger partial charge in [0.15, 0.2) is 6.79 Å². The Labute approximate surface area is 90.7 Å². The van der Waals surface area contributed by atoms with Gasteiger partial charge in [0.2, 0.25) is 0 Å². The summed E-state index contributed by atoms with van der Waals surface area (Å²) in [5.41, 5.74) is -0.821. The Bertz CT molecular complexity index is 350. The quantitative estimate of drug-likeness (QED) is 0.752. The third-order valence-corrected chi connectivity index (χ3v) is 1.79. The number of benzene rings is 1. The molecule has 6 heteroatoms. The molecule has 0 saturated carbocycles. The summed E-state index contributed by atoms with van der Waals surface area (Å²) in [6.45, 7) is -0.121. The lowest BCUT2D eigenvalue weighted by molar-refractivity contribution is -0.137. The summed E-state index contributed by atoms with van der Waals surface area (Å²) in [6.07, 6.45) is -4.43. The molecule has 0 spiro atoms. The summed E-state index contributed by atoms with van der Waals surface area (Å²) < 4.78 is 51.7. The minimum absolute atomic E-state index is 0.0496. The molecule has 0 N–H and O–H groups in total. The Morgan fingerprint density at radius 1 is 1.06 bits per heavy atom. The first-order chi connectivity index (χ1) is 7.47. The van der Waals surface area contributed by atoms with Gasteiger partial charge in [0.25, 0.3) is 0 Å². The zero-order valence-electron chi connectivity index (χ0n) is 8.80. The minimum Gasteiger partial charge on any atom is -0.497 e. The number of alkyl halides is 3. The van der Waals surface area contributed by atoms with E-state index in [1.165, 1.54) is 20.3 Å². The van der Waals surface area contributed by atoms with E-state index >= 15 is 0 Å². The molecule has 0 amide bonds. The standard InChI is InChI=1S/C10H11F3O3/c1-14-6-16-9-4-7(10(11,12)13)3-8(5-9)15-2/h3-5H,6H2,1-2H3. The lowest BCUT2D eigenvalue weighted by Gasteiger charge is -2.12. The second-order valence-corrected chi connectivity index (χ2v) is 2.95. The van der Waals surface area contributed by atoms with Crippen LogP contribution in [-0.4, -0.2) is 21.0 Å². The van der Waals surface area contributed by atoms with Crippen molar-refractivity contribution in [1.29, 1.82) is 0 Å². The first kappa shape index (κ1) is 12.6. The van der Waals surface area contributed by atoms with Crippen LogP contribution in [0.4, 0.5) is 13.2 Å². The van der Waals surface area contributed by atoms with Crippen LogP contribution in [0, 0.1) is 0 Å². The summed E-state index contributed by atoms with van der Waals surface area (Å²) in [4.78, 5) is 0. The van der Waals surface area contributed by atoms with Gasteiger partial charge in [-0.15, -0.1) is 0 Å². The molecule has 0 aliphatic rings. The van der Waals surface area contributed by atoms with Gasteiger partial charge in [-0.1, -0.05) is 0 Å². The van der Waals surface area contributed by atoms with Crippen LogP contribution in [0.25, 0.3) is 0 Å².